The van der Waals surface area contributed by atoms with E-state index in [0.717, 1.165) is 6.26 Å². The zero-order valence-electron chi connectivity index (χ0n) is 12.3. The Morgan fingerprint density at radius 2 is 1.81 bits per heavy atom. The lowest BCUT2D eigenvalue weighted by molar-refractivity contribution is 0.537. The fraction of sp³-hybridized carbons (Fsp3) is 0.462. The zero-order valence-corrected chi connectivity index (χ0v) is 14.0. The lowest BCUT2D eigenvalue weighted by Gasteiger charge is -2.22. The molecule has 6 nitrogen and oxygen atoms in total. The van der Waals surface area contributed by atoms with Crippen LogP contribution in [0.2, 0.25) is 0 Å². The highest BCUT2D eigenvalue weighted by atomic mass is 32.2. The maximum Gasteiger partial charge on any atom is 0.240 e. The minimum atomic E-state index is -3.83. The molecule has 0 bridgehead atoms. The van der Waals surface area contributed by atoms with Crippen molar-refractivity contribution in [2.45, 2.75) is 30.4 Å². The lowest BCUT2D eigenvalue weighted by Crippen LogP contribution is -2.43. The maximum atomic E-state index is 12.2. The van der Waals surface area contributed by atoms with Gasteiger partial charge in [0.05, 0.1) is 21.3 Å². The number of rotatable bonds is 5. The van der Waals surface area contributed by atoms with Crippen molar-refractivity contribution in [2.75, 3.05) is 12.8 Å². The average Bonchev–Trinajstić information content (AvgIpc) is 2.35. The molecule has 1 rings (SSSR count). The molecule has 8 heteroatoms. The Labute approximate surface area is 125 Å². The second-order valence-corrected chi connectivity index (χ2v) is 9.86. The first-order valence-corrected chi connectivity index (χ1v) is 9.48. The number of hydrogen-bond acceptors (Lipinski definition) is 5. The molecule has 1 aromatic carbocycles. The van der Waals surface area contributed by atoms with Gasteiger partial charge in [0.2, 0.25) is 10.0 Å². The summed E-state index contributed by atoms with van der Waals surface area (Å²) in [6.45, 7) is 4.31. The number of nitrogens with one attached hydrogen (secondary N) is 1. The van der Waals surface area contributed by atoms with E-state index in [9.17, 15) is 16.8 Å². The first-order valence-electron chi connectivity index (χ1n) is 6.11. The van der Waals surface area contributed by atoms with E-state index in [-0.39, 0.29) is 11.4 Å². The number of hydrogen-bond donors (Lipinski definition) is 1. The smallest absolute Gasteiger partial charge is 0.229 e. The summed E-state index contributed by atoms with van der Waals surface area (Å²) in [7, 11) is -7.22. The predicted molar refractivity (Wildman–Crippen MR) is 80.0 cm³/mol. The van der Waals surface area contributed by atoms with E-state index in [1.54, 1.807) is 6.92 Å². The van der Waals surface area contributed by atoms with Crippen LogP contribution < -0.4 is 4.72 Å². The summed E-state index contributed by atoms with van der Waals surface area (Å²) in [4.78, 5) is 0.00306. The van der Waals surface area contributed by atoms with Gasteiger partial charge in [-0.15, -0.1) is 0 Å². The monoisotopic (exact) mass is 330 g/mol. The summed E-state index contributed by atoms with van der Waals surface area (Å²) in [5.41, 5.74) is 0.938. The van der Waals surface area contributed by atoms with Crippen LogP contribution in [0.3, 0.4) is 0 Å². The number of aryl methyl sites for hydroxylation is 1. The SMILES string of the molecule is Cc1cc(S(=O)(=O)NCC(C)(C)S(C)(=O)=O)ccc1C#N. The summed E-state index contributed by atoms with van der Waals surface area (Å²) >= 11 is 0. The molecule has 0 aliphatic rings. The number of benzene rings is 1. The molecule has 1 aromatic rings. The van der Waals surface area contributed by atoms with Crippen molar-refractivity contribution < 1.29 is 16.8 Å². The molecule has 0 spiro atoms. The van der Waals surface area contributed by atoms with Crippen molar-refractivity contribution in [3.05, 3.63) is 29.3 Å². The van der Waals surface area contributed by atoms with Crippen LogP contribution in [0.25, 0.3) is 0 Å². The number of nitriles is 1. The average molecular weight is 330 g/mol. The zero-order chi connectivity index (χ0) is 16.5. The molecular formula is C13H18N2O4S2. The Bertz CT molecular complexity index is 788. The van der Waals surface area contributed by atoms with Crippen molar-refractivity contribution in [3.63, 3.8) is 0 Å². The van der Waals surface area contributed by atoms with Crippen LogP contribution in [0.15, 0.2) is 23.1 Å². The second kappa shape index (κ2) is 5.75. The van der Waals surface area contributed by atoms with E-state index >= 15 is 0 Å². The Morgan fingerprint density at radius 3 is 2.24 bits per heavy atom. The third-order valence-corrected chi connectivity index (χ3v) is 6.87. The van der Waals surface area contributed by atoms with Crippen molar-refractivity contribution in [3.8, 4) is 6.07 Å². The van der Waals surface area contributed by atoms with Gasteiger partial charge < -0.3 is 0 Å². The molecule has 0 unspecified atom stereocenters. The van der Waals surface area contributed by atoms with E-state index in [2.05, 4.69) is 4.72 Å². The van der Waals surface area contributed by atoms with Gasteiger partial charge in [0, 0.05) is 12.8 Å². The normalized spacial score (nSPS) is 12.9. The lowest BCUT2D eigenvalue weighted by atomic mass is 10.1. The van der Waals surface area contributed by atoms with Crippen LogP contribution in [0, 0.1) is 18.3 Å². The molecule has 0 radical (unpaired) electrons. The first-order chi connectivity index (χ1) is 9.40. The molecule has 116 valence electrons. The largest absolute Gasteiger partial charge is 0.240 e. The number of sulfone groups is 1. The topological polar surface area (TPSA) is 104 Å². The maximum absolute atomic E-state index is 12.2. The van der Waals surface area contributed by atoms with Gasteiger partial charge in [-0.25, -0.2) is 21.6 Å². The summed E-state index contributed by atoms with van der Waals surface area (Å²) in [6, 6.07) is 6.08. The van der Waals surface area contributed by atoms with Gasteiger partial charge in [-0.2, -0.15) is 5.26 Å². The van der Waals surface area contributed by atoms with Crippen LogP contribution >= 0.6 is 0 Å². The van der Waals surface area contributed by atoms with Gasteiger partial charge >= 0.3 is 0 Å². The minimum Gasteiger partial charge on any atom is -0.229 e. The molecular weight excluding hydrogens is 312 g/mol. The third kappa shape index (κ3) is 4.03. The molecule has 21 heavy (non-hydrogen) atoms. The standard InChI is InChI=1S/C13H18N2O4S2/c1-10-7-12(6-5-11(10)8-14)21(18,19)15-9-13(2,3)20(4,16)17/h5-7,15H,9H2,1-4H3. The molecule has 0 amide bonds. The predicted octanol–water partition coefficient (Wildman–Crippen LogP) is 0.968. The number of sulfonamides is 1. The molecule has 0 saturated carbocycles. The van der Waals surface area contributed by atoms with Gasteiger partial charge in [-0.1, -0.05) is 0 Å². The first kappa shape index (κ1) is 17.6. The molecule has 0 fully saturated rings. The highest BCUT2D eigenvalue weighted by molar-refractivity contribution is 7.92. The third-order valence-electron chi connectivity index (χ3n) is 3.32. The Kier molecular flexibility index (Phi) is 4.83. The van der Waals surface area contributed by atoms with E-state index < -0.39 is 24.6 Å². The molecule has 0 saturated heterocycles. The van der Waals surface area contributed by atoms with Crippen LogP contribution in [0.1, 0.15) is 25.0 Å². The summed E-state index contributed by atoms with van der Waals surface area (Å²) in [5, 5.41) is 8.83. The van der Waals surface area contributed by atoms with Gasteiger partial charge in [0.1, 0.15) is 0 Å². The Balaban J connectivity index is 3.04. The van der Waals surface area contributed by atoms with Gasteiger partial charge in [0.25, 0.3) is 0 Å². The Morgan fingerprint density at radius 1 is 1.24 bits per heavy atom. The fourth-order valence-corrected chi connectivity index (χ4v) is 3.13. The van der Waals surface area contributed by atoms with Crippen molar-refractivity contribution >= 4 is 19.9 Å². The van der Waals surface area contributed by atoms with Gasteiger partial charge in [-0.05, 0) is 44.5 Å². The van der Waals surface area contributed by atoms with Crippen LogP contribution in [-0.2, 0) is 19.9 Å². The highest BCUT2D eigenvalue weighted by Gasteiger charge is 2.31. The fourth-order valence-electron chi connectivity index (χ4n) is 1.41. The molecule has 0 atom stereocenters. The molecule has 0 aromatic heterocycles. The molecule has 1 N–H and O–H groups in total. The molecule has 0 aliphatic heterocycles. The second-order valence-electron chi connectivity index (χ2n) is 5.44. The van der Waals surface area contributed by atoms with Crippen molar-refractivity contribution in [1.82, 2.24) is 4.72 Å². The van der Waals surface area contributed by atoms with E-state index in [4.69, 9.17) is 5.26 Å². The van der Waals surface area contributed by atoms with Crippen molar-refractivity contribution in [1.29, 1.82) is 5.26 Å². The minimum absolute atomic E-state index is 0.00306. The highest BCUT2D eigenvalue weighted by Crippen LogP contribution is 2.17. The quantitative estimate of drug-likeness (QED) is 0.866. The van der Waals surface area contributed by atoms with E-state index in [0.29, 0.717) is 11.1 Å². The number of nitrogens with zero attached hydrogens (tertiary/aromatic N) is 1. The molecule has 0 aliphatic carbocycles. The van der Waals surface area contributed by atoms with Crippen molar-refractivity contribution in [2.24, 2.45) is 0 Å². The summed E-state index contributed by atoms with van der Waals surface area (Å²) in [5.74, 6) is 0. The van der Waals surface area contributed by atoms with Gasteiger partial charge in [-0.3, -0.25) is 0 Å². The Hall–Kier alpha value is -1.43. The van der Waals surface area contributed by atoms with E-state index in [1.165, 1.54) is 32.0 Å². The van der Waals surface area contributed by atoms with Gasteiger partial charge in [0.15, 0.2) is 9.84 Å². The van der Waals surface area contributed by atoms with Crippen LogP contribution in [-0.4, -0.2) is 34.4 Å². The summed E-state index contributed by atoms with van der Waals surface area (Å²) in [6.07, 6.45) is 1.06. The summed E-state index contributed by atoms with van der Waals surface area (Å²) < 4.78 is 48.6. The van der Waals surface area contributed by atoms with Crippen LogP contribution in [0.4, 0.5) is 0 Å². The van der Waals surface area contributed by atoms with E-state index in [1.807, 2.05) is 6.07 Å². The molecule has 0 heterocycles. The van der Waals surface area contributed by atoms with Crippen LogP contribution in [0.5, 0.6) is 0 Å².